The molecule has 2 aromatic carbocycles. The van der Waals surface area contributed by atoms with Gasteiger partial charge in [-0.2, -0.15) is 0 Å². The Balaban J connectivity index is 1.62. The predicted octanol–water partition coefficient (Wildman–Crippen LogP) is 4.39. The van der Waals surface area contributed by atoms with Gasteiger partial charge in [-0.3, -0.25) is 9.69 Å². The van der Waals surface area contributed by atoms with Crippen molar-refractivity contribution >= 4 is 23.7 Å². The van der Waals surface area contributed by atoms with Crippen molar-refractivity contribution in [1.29, 1.82) is 0 Å². The molecule has 4 rings (SSSR count). The van der Waals surface area contributed by atoms with Crippen LogP contribution in [0.5, 0.6) is 0 Å². The van der Waals surface area contributed by atoms with E-state index >= 15 is 0 Å². The maximum absolute atomic E-state index is 14.0. The molecule has 164 valence electrons. The molecule has 1 N–H and O–H groups in total. The highest BCUT2D eigenvalue weighted by molar-refractivity contribution is 6.14. The highest BCUT2D eigenvalue weighted by Gasteiger charge is 2.34. The molecule has 2 heterocycles. The molecular weight excluding hydrogens is 407 g/mol. The second-order valence-electron chi connectivity index (χ2n) is 8.04. The van der Waals surface area contributed by atoms with Crippen LogP contribution in [-0.2, 0) is 11.3 Å². The van der Waals surface area contributed by atoms with E-state index in [0.29, 0.717) is 0 Å². The number of nitrogens with zero attached hydrogens (tertiary/aromatic N) is 3. The number of anilines is 1. The third-order valence-corrected chi connectivity index (χ3v) is 5.64. The van der Waals surface area contributed by atoms with E-state index in [4.69, 9.17) is 0 Å². The van der Waals surface area contributed by atoms with Crippen molar-refractivity contribution in [3.63, 3.8) is 0 Å². The molecule has 0 radical (unpaired) electrons. The van der Waals surface area contributed by atoms with Crippen LogP contribution in [0.1, 0.15) is 22.5 Å². The first-order chi connectivity index (χ1) is 15.3. The van der Waals surface area contributed by atoms with E-state index in [1.807, 2.05) is 63.2 Å². The number of aromatic nitrogens is 1. The van der Waals surface area contributed by atoms with Crippen LogP contribution in [-0.4, -0.2) is 35.5 Å². The Hall–Kier alpha value is -3.87. The zero-order valence-electron chi connectivity index (χ0n) is 18.5. The normalized spacial score (nSPS) is 14.9. The molecule has 0 bridgehead atoms. The number of aryl methyl sites for hydroxylation is 1. The molecule has 0 atom stereocenters. The van der Waals surface area contributed by atoms with Gasteiger partial charge in [-0.25, -0.2) is 9.18 Å². The third kappa shape index (κ3) is 3.89. The standard InChI is InChI=1S/C25H25FN4O2/c1-16-13-19(17(2)30(16)21-11-9-20(10-12-21)28(3)4)14-23-24(31)29(25(32)27-23)15-18-7-5-6-8-22(18)26/h5-14H,15H2,1-4H3,(H,27,32)/b23-14-. The van der Waals surface area contributed by atoms with Crippen molar-refractivity contribution in [3.05, 3.63) is 88.6 Å². The molecule has 0 saturated carbocycles. The zero-order valence-corrected chi connectivity index (χ0v) is 18.5. The molecule has 6 nitrogen and oxygen atoms in total. The molecule has 7 heteroatoms. The molecule has 0 spiro atoms. The summed E-state index contributed by atoms with van der Waals surface area (Å²) in [6, 6.07) is 15.7. The topological polar surface area (TPSA) is 57.6 Å². The summed E-state index contributed by atoms with van der Waals surface area (Å²) in [5, 5.41) is 2.62. The monoisotopic (exact) mass is 432 g/mol. The van der Waals surface area contributed by atoms with Crippen LogP contribution >= 0.6 is 0 Å². The highest BCUT2D eigenvalue weighted by Crippen LogP contribution is 2.26. The number of urea groups is 1. The summed E-state index contributed by atoms with van der Waals surface area (Å²) >= 11 is 0. The van der Waals surface area contributed by atoms with Crippen LogP contribution in [0.4, 0.5) is 14.9 Å². The summed E-state index contributed by atoms with van der Waals surface area (Å²) in [6.45, 7) is 3.85. The van der Waals surface area contributed by atoms with E-state index in [2.05, 4.69) is 9.88 Å². The van der Waals surface area contributed by atoms with E-state index in [1.54, 1.807) is 24.3 Å². The maximum Gasteiger partial charge on any atom is 0.329 e. The van der Waals surface area contributed by atoms with Gasteiger partial charge in [0.05, 0.1) is 6.54 Å². The van der Waals surface area contributed by atoms with E-state index in [1.165, 1.54) is 6.07 Å². The molecule has 3 amide bonds. The largest absolute Gasteiger partial charge is 0.378 e. The number of hydrogen-bond donors (Lipinski definition) is 1. The quantitative estimate of drug-likeness (QED) is 0.481. The van der Waals surface area contributed by atoms with Crippen LogP contribution in [0.25, 0.3) is 11.8 Å². The summed E-state index contributed by atoms with van der Waals surface area (Å²) in [6.07, 6.45) is 1.68. The average molecular weight is 432 g/mol. The van der Waals surface area contributed by atoms with Crippen LogP contribution in [0.15, 0.2) is 60.3 Å². The molecule has 0 unspecified atom stereocenters. The summed E-state index contributed by atoms with van der Waals surface area (Å²) in [4.78, 5) is 28.3. The molecule has 32 heavy (non-hydrogen) atoms. The summed E-state index contributed by atoms with van der Waals surface area (Å²) in [5.41, 5.74) is 5.36. The lowest BCUT2D eigenvalue weighted by atomic mass is 10.2. The van der Waals surface area contributed by atoms with Crippen LogP contribution in [0, 0.1) is 19.7 Å². The Kier molecular flexibility index (Phi) is 5.57. The molecule has 0 aliphatic carbocycles. The molecule has 1 fully saturated rings. The fourth-order valence-electron chi connectivity index (χ4n) is 3.90. The number of carbonyl (C=O) groups excluding carboxylic acids is 2. The molecule has 1 aliphatic heterocycles. The van der Waals surface area contributed by atoms with Crippen molar-refractivity contribution in [3.8, 4) is 5.69 Å². The number of nitrogens with one attached hydrogen (secondary N) is 1. The van der Waals surface area contributed by atoms with Crippen LogP contribution in [0.3, 0.4) is 0 Å². The second kappa shape index (κ2) is 8.34. The van der Waals surface area contributed by atoms with Crippen LogP contribution < -0.4 is 10.2 Å². The van der Waals surface area contributed by atoms with Gasteiger partial charge in [0.1, 0.15) is 11.5 Å². The first kappa shape index (κ1) is 21.4. The van der Waals surface area contributed by atoms with E-state index in [-0.39, 0.29) is 17.8 Å². The van der Waals surface area contributed by atoms with Gasteiger partial charge in [-0.15, -0.1) is 0 Å². The smallest absolute Gasteiger partial charge is 0.329 e. The summed E-state index contributed by atoms with van der Waals surface area (Å²) in [5.74, 6) is -0.923. The van der Waals surface area contributed by atoms with Gasteiger partial charge in [0, 0.05) is 42.4 Å². The van der Waals surface area contributed by atoms with E-state index in [0.717, 1.165) is 33.2 Å². The minimum Gasteiger partial charge on any atom is -0.378 e. The number of halogens is 1. The first-order valence-corrected chi connectivity index (χ1v) is 10.3. The lowest BCUT2D eigenvalue weighted by Gasteiger charge is -2.15. The van der Waals surface area contributed by atoms with Gasteiger partial charge < -0.3 is 14.8 Å². The Labute approximate surface area is 186 Å². The third-order valence-electron chi connectivity index (χ3n) is 5.64. The molecule has 1 saturated heterocycles. The number of amides is 3. The number of imide groups is 1. The van der Waals surface area contributed by atoms with Gasteiger partial charge in [0.15, 0.2) is 0 Å². The molecule has 1 aliphatic rings. The average Bonchev–Trinajstić information content (AvgIpc) is 3.19. The van der Waals surface area contributed by atoms with E-state index < -0.39 is 17.8 Å². The number of hydrogen-bond acceptors (Lipinski definition) is 3. The lowest BCUT2D eigenvalue weighted by molar-refractivity contribution is -0.123. The van der Waals surface area contributed by atoms with Crippen molar-refractivity contribution in [2.24, 2.45) is 0 Å². The maximum atomic E-state index is 14.0. The predicted molar refractivity (Wildman–Crippen MR) is 123 cm³/mol. The Morgan fingerprint density at radius 2 is 1.72 bits per heavy atom. The van der Waals surface area contributed by atoms with Gasteiger partial charge in [0.2, 0.25) is 0 Å². The Bertz CT molecular complexity index is 1230. The Morgan fingerprint density at radius 1 is 1.03 bits per heavy atom. The van der Waals surface area contributed by atoms with E-state index in [9.17, 15) is 14.0 Å². The molecule has 3 aromatic rings. The minimum absolute atomic E-state index is 0.119. The molecule has 1 aromatic heterocycles. The zero-order chi connectivity index (χ0) is 23.0. The van der Waals surface area contributed by atoms with Gasteiger partial charge >= 0.3 is 6.03 Å². The number of rotatable bonds is 5. The lowest BCUT2D eigenvalue weighted by Crippen LogP contribution is -2.30. The van der Waals surface area contributed by atoms with Crippen LogP contribution in [0.2, 0.25) is 0 Å². The second-order valence-corrected chi connectivity index (χ2v) is 8.04. The fraction of sp³-hybridized carbons (Fsp3) is 0.200. The summed E-state index contributed by atoms with van der Waals surface area (Å²) < 4.78 is 16.1. The highest BCUT2D eigenvalue weighted by atomic mass is 19.1. The molecular formula is C25H25FN4O2. The van der Waals surface area contributed by atoms with Crippen molar-refractivity contribution < 1.29 is 14.0 Å². The van der Waals surface area contributed by atoms with Crippen molar-refractivity contribution in [2.75, 3.05) is 19.0 Å². The van der Waals surface area contributed by atoms with Crippen molar-refractivity contribution in [2.45, 2.75) is 20.4 Å². The van der Waals surface area contributed by atoms with Gasteiger partial charge in [-0.1, -0.05) is 18.2 Å². The number of benzene rings is 2. The fourth-order valence-corrected chi connectivity index (χ4v) is 3.90. The first-order valence-electron chi connectivity index (χ1n) is 10.3. The number of carbonyl (C=O) groups is 2. The van der Waals surface area contributed by atoms with Gasteiger partial charge in [-0.05, 0) is 61.9 Å². The van der Waals surface area contributed by atoms with Crippen molar-refractivity contribution in [1.82, 2.24) is 14.8 Å². The SMILES string of the molecule is Cc1cc(/C=C2\NC(=O)N(Cc3ccccc3F)C2=O)c(C)n1-c1ccc(N(C)C)cc1. The van der Waals surface area contributed by atoms with Gasteiger partial charge in [0.25, 0.3) is 5.91 Å². The summed E-state index contributed by atoms with van der Waals surface area (Å²) in [7, 11) is 3.99. The Morgan fingerprint density at radius 3 is 2.38 bits per heavy atom. The minimum atomic E-state index is -0.558.